The molecule has 4 aromatic rings. The number of nitrogens with zero attached hydrogens (tertiary/aromatic N) is 3. The van der Waals surface area contributed by atoms with Crippen LogP contribution in [0.1, 0.15) is 37.5 Å². The van der Waals surface area contributed by atoms with Crippen molar-refractivity contribution < 1.29 is 8.78 Å². The maximum Gasteiger partial charge on any atom is 0.176 e. The van der Waals surface area contributed by atoms with E-state index in [1.165, 1.54) is 34.2 Å². The van der Waals surface area contributed by atoms with Crippen LogP contribution in [0.15, 0.2) is 29.9 Å². The maximum absolute atomic E-state index is 14.9. The molecule has 4 nitrogen and oxygen atoms in total. The Morgan fingerprint density at radius 1 is 1.27 bits per heavy atom. The summed E-state index contributed by atoms with van der Waals surface area (Å²) < 4.78 is 30.0. The zero-order valence-corrected chi connectivity index (χ0v) is 18.4. The van der Waals surface area contributed by atoms with Gasteiger partial charge in [0.2, 0.25) is 0 Å². The summed E-state index contributed by atoms with van der Waals surface area (Å²) in [6.07, 6.45) is 4.02. The first kappa shape index (κ1) is 19.8. The van der Waals surface area contributed by atoms with Crippen LogP contribution in [0.4, 0.5) is 20.2 Å². The molecule has 8 heteroatoms. The molecule has 1 aliphatic heterocycles. The lowest BCUT2D eigenvalue weighted by Crippen LogP contribution is -2.41. The molecule has 1 aliphatic rings. The van der Waals surface area contributed by atoms with E-state index in [2.05, 4.69) is 40.1 Å². The van der Waals surface area contributed by atoms with Crippen molar-refractivity contribution in [3.8, 4) is 0 Å². The number of pyridine rings is 1. The van der Waals surface area contributed by atoms with Gasteiger partial charge in [-0.05, 0) is 51.1 Å². The molecule has 1 fully saturated rings. The van der Waals surface area contributed by atoms with Gasteiger partial charge in [0.1, 0.15) is 16.0 Å². The van der Waals surface area contributed by atoms with E-state index in [0.717, 1.165) is 29.7 Å². The Kier molecular flexibility index (Phi) is 5.16. The second-order valence-electron chi connectivity index (χ2n) is 7.72. The maximum atomic E-state index is 14.9. The molecule has 4 heterocycles. The number of piperidine rings is 1. The Hall–Kier alpha value is -2.16. The van der Waals surface area contributed by atoms with Crippen LogP contribution in [-0.4, -0.2) is 34.0 Å². The summed E-state index contributed by atoms with van der Waals surface area (Å²) in [5.41, 5.74) is 2.20. The van der Waals surface area contributed by atoms with Crippen LogP contribution in [-0.2, 0) is 0 Å². The smallest absolute Gasteiger partial charge is 0.176 e. The van der Waals surface area contributed by atoms with Crippen LogP contribution in [0.25, 0.3) is 20.4 Å². The van der Waals surface area contributed by atoms with E-state index in [0.29, 0.717) is 22.3 Å². The zero-order chi connectivity index (χ0) is 20.8. The van der Waals surface area contributed by atoms with E-state index in [1.807, 2.05) is 0 Å². The van der Waals surface area contributed by atoms with Crippen LogP contribution in [0, 0.1) is 11.6 Å². The normalized spacial score (nSPS) is 20.3. The lowest BCUT2D eigenvalue weighted by atomic mass is 9.89. The molecule has 0 radical (unpaired) electrons. The fraction of sp³-hybridized carbons (Fsp3) is 0.364. The predicted octanol–water partition coefficient (Wildman–Crippen LogP) is 6.52. The van der Waals surface area contributed by atoms with Crippen LogP contribution < -0.4 is 5.32 Å². The van der Waals surface area contributed by atoms with E-state index in [1.54, 1.807) is 23.6 Å². The van der Waals surface area contributed by atoms with Crippen molar-refractivity contribution in [3.05, 3.63) is 46.4 Å². The van der Waals surface area contributed by atoms with Crippen molar-refractivity contribution in [1.82, 2.24) is 14.9 Å². The van der Waals surface area contributed by atoms with Crippen LogP contribution in [0.3, 0.4) is 0 Å². The summed E-state index contributed by atoms with van der Waals surface area (Å²) in [7, 11) is 0. The third kappa shape index (κ3) is 3.27. The molecule has 2 atom stereocenters. The minimum atomic E-state index is -0.661. The highest BCUT2D eigenvalue weighted by Gasteiger charge is 2.29. The number of halogens is 2. The van der Waals surface area contributed by atoms with Gasteiger partial charge in [0.15, 0.2) is 11.6 Å². The molecule has 30 heavy (non-hydrogen) atoms. The third-order valence-corrected chi connectivity index (χ3v) is 8.07. The molecule has 0 saturated carbocycles. The summed E-state index contributed by atoms with van der Waals surface area (Å²) >= 11 is 2.90. The molecule has 0 aliphatic carbocycles. The van der Waals surface area contributed by atoms with E-state index >= 15 is 0 Å². The van der Waals surface area contributed by atoms with E-state index in [-0.39, 0.29) is 11.2 Å². The number of nitrogens with one attached hydrogen (secondary N) is 1. The van der Waals surface area contributed by atoms with Crippen LogP contribution in [0.2, 0.25) is 0 Å². The number of fused-ring (bicyclic) bond motifs is 2. The lowest BCUT2D eigenvalue weighted by Gasteiger charge is -2.38. The lowest BCUT2D eigenvalue weighted by molar-refractivity contribution is 0.148. The SMILES string of the molecule is CCN1CCC[C@@H](c2cc3c(Nc4c(F)cc5scnc5c4F)ccnc3s2)[C@H]1C. The predicted molar refractivity (Wildman–Crippen MR) is 121 cm³/mol. The fourth-order valence-corrected chi connectivity index (χ4v) is 6.43. The molecule has 1 N–H and O–H groups in total. The molecule has 0 unspecified atom stereocenters. The van der Waals surface area contributed by atoms with Crippen LogP contribution >= 0.6 is 22.7 Å². The number of anilines is 2. The Balaban J connectivity index is 1.54. The number of thiazole rings is 1. The number of likely N-dealkylation sites (N-methyl/N-ethyl adjacent to an activating group) is 1. The standard InChI is InChI=1S/C22H22F2N4S2/c1-3-28-8-4-5-13(12(28)2)17-9-14-16(6-7-25-22(14)30-17)27-20-15(23)10-18-21(19(20)24)26-11-29-18/h6-7,9-13H,3-5,8H2,1-2H3,(H,25,27)/t12-,13-/m1/s1. The highest BCUT2D eigenvalue weighted by molar-refractivity contribution is 7.18. The quantitative estimate of drug-likeness (QED) is 0.389. The van der Waals surface area contributed by atoms with Crippen molar-refractivity contribution >= 4 is 54.5 Å². The molecule has 5 rings (SSSR count). The minimum absolute atomic E-state index is 0.170. The number of likely N-dealkylation sites (tertiary alicyclic amines) is 1. The van der Waals surface area contributed by atoms with Gasteiger partial charge in [-0.1, -0.05) is 6.92 Å². The molecule has 1 saturated heterocycles. The van der Waals surface area contributed by atoms with Gasteiger partial charge in [0, 0.05) is 28.4 Å². The summed E-state index contributed by atoms with van der Waals surface area (Å²) in [6.45, 7) is 6.68. The largest absolute Gasteiger partial charge is 0.350 e. The number of benzene rings is 1. The van der Waals surface area contributed by atoms with Gasteiger partial charge >= 0.3 is 0 Å². The summed E-state index contributed by atoms with van der Waals surface area (Å²) in [5.74, 6) is -0.833. The average Bonchev–Trinajstić information content (AvgIpc) is 3.38. The van der Waals surface area contributed by atoms with Crippen molar-refractivity contribution in [1.29, 1.82) is 0 Å². The van der Waals surface area contributed by atoms with Crippen molar-refractivity contribution in [2.24, 2.45) is 0 Å². The molecule has 3 aromatic heterocycles. The van der Waals surface area contributed by atoms with Gasteiger partial charge in [0.25, 0.3) is 0 Å². The number of hydrogen-bond donors (Lipinski definition) is 1. The number of rotatable bonds is 4. The molecular weight excluding hydrogens is 422 g/mol. The Morgan fingerprint density at radius 3 is 2.97 bits per heavy atom. The second-order valence-corrected chi connectivity index (χ2v) is 9.66. The van der Waals surface area contributed by atoms with Crippen molar-refractivity contribution in [2.75, 3.05) is 18.4 Å². The Morgan fingerprint density at radius 2 is 2.13 bits per heavy atom. The van der Waals surface area contributed by atoms with Gasteiger partial charge in [-0.15, -0.1) is 22.7 Å². The van der Waals surface area contributed by atoms with Gasteiger partial charge in [-0.3, -0.25) is 0 Å². The topological polar surface area (TPSA) is 41.0 Å². The zero-order valence-electron chi connectivity index (χ0n) is 16.8. The number of hydrogen-bond acceptors (Lipinski definition) is 6. The second kappa shape index (κ2) is 7.83. The first-order chi connectivity index (χ1) is 14.6. The molecule has 0 spiro atoms. The highest BCUT2D eigenvalue weighted by Crippen LogP contribution is 2.41. The highest BCUT2D eigenvalue weighted by atomic mass is 32.1. The van der Waals surface area contributed by atoms with Gasteiger partial charge in [-0.25, -0.2) is 18.7 Å². The minimum Gasteiger partial charge on any atom is -0.350 e. The van der Waals surface area contributed by atoms with Gasteiger partial charge < -0.3 is 10.2 Å². The average molecular weight is 445 g/mol. The number of thiophene rings is 1. The summed E-state index contributed by atoms with van der Waals surface area (Å²) in [4.78, 5) is 13.2. The Labute approximate surface area is 181 Å². The summed E-state index contributed by atoms with van der Waals surface area (Å²) in [6, 6.07) is 5.72. The molecule has 0 bridgehead atoms. The molecule has 1 aromatic carbocycles. The van der Waals surface area contributed by atoms with Crippen molar-refractivity contribution in [2.45, 2.75) is 38.6 Å². The third-order valence-electron chi connectivity index (χ3n) is 6.12. The molecule has 0 amide bonds. The molecule has 156 valence electrons. The van der Waals surface area contributed by atoms with E-state index in [4.69, 9.17) is 0 Å². The van der Waals surface area contributed by atoms with Crippen LogP contribution in [0.5, 0.6) is 0 Å². The monoisotopic (exact) mass is 444 g/mol. The van der Waals surface area contributed by atoms with Gasteiger partial charge in [0.05, 0.1) is 15.9 Å². The summed E-state index contributed by atoms with van der Waals surface area (Å²) in [5, 5.41) is 3.88. The van der Waals surface area contributed by atoms with E-state index in [9.17, 15) is 8.78 Å². The van der Waals surface area contributed by atoms with Crippen molar-refractivity contribution in [3.63, 3.8) is 0 Å². The van der Waals surface area contributed by atoms with E-state index < -0.39 is 11.6 Å². The van der Waals surface area contributed by atoms with Gasteiger partial charge in [-0.2, -0.15) is 0 Å². The fourth-order valence-electron chi connectivity index (χ4n) is 4.47. The molecular formula is C22H22F2N4S2. The first-order valence-electron chi connectivity index (χ1n) is 10.2. The Bertz CT molecular complexity index is 1220. The number of aromatic nitrogens is 2. The first-order valence-corrected chi connectivity index (χ1v) is 11.9.